The van der Waals surface area contributed by atoms with Crippen molar-refractivity contribution < 1.29 is 9.15 Å². The molecule has 7 nitrogen and oxygen atoms in total. The molecule has 4 aromatic rings. The Morgan fingerprint density at radius 1 is 0.964 bits per heavy atom. The van der Waals surface area contributed by atoms with Crippen molar-refractivity contribution in [3.63, 3.8) is 0 Å². The summed E-state index contributed by atoms with van der Waals surface area (Å²) in [4.78, 5) is 0. The zero-order valence-corrected chi connectivity index (χ0v) is 15.4. The Labute approximate surface area is 161 Å². The molecule has 28 heavy (non-hydrogen) atoms. The van der Waals surface area contributed by atoms with E-state index in [0.29, 0.717) is 24.2 Å². The fourth-order valence-electron chi connectivity index (χ4n) is 3.19. The van der Waals surface area contributed by atoms with E-state index in [1.165, 1.54) is 0 Å². The van der Waals surface area contributed by atoms with Gasteiger partial charge in [-0.05, 0) is 37.1 Å². The molecule has 1 N–H and O–H groups in total. The highest BCUT2D eigenvalue weighted by atomic mass is 16.5. The molecule has 2 heterocycles. The first-order chi connectivity index (χ1) is 13.8. The first-order valence-corrected chi connectivity index (χ1v) is 9.28. The van der Waals surface area contributed by atoms with Crippen LogP contribution in [0.5, 0.6) is 5.75 Å². The van der Waals surface area contributed by atoms with E-state index in [9.17, 15) is 0 Å². The third-order valence-electron chi connectivity index (χ3n) is 4.87. The monoisotopic (exact) mass is 373 g/mol. The predicted molar refractivity (Wildman–Crippen MR) is 105 cm³/mol. The molecule has 5 rings (SSSR count). The molecule has 7 heteroatoms. The van der Waals surface area contributed by atoms with Crippen LogP contribution < -0.4 is 10.1 Å². The van der Waals surface area contributed by atoms with Crippen LogP contribution in [0.1, 0.15) is 30.5 Å². The second kappa shape index (κ2) is 6.92. The van der Waals surface area contributed by atoms with Crippen molar-refractivity contribution in [2.24, 2.45) is 0 Å². The van der Waals surface area contributed by atoms with Crippen LogP contribution in [0.3, 0.4) is 0 Å². The van der Waals surface area contributed by atoms with Crippen molar-refractivity contribution in [1.29, 1.82) is 0 Å². The molecule has 1 fully saturated rings. The van der Waals surface area contributed by atoms with E-state index in [2.05, 4.69) is 25.7 Å². The molecule has 0 bridgehead atoms. The Morgan fingerprint density at radius 2 is 1.75 bits per heavy atom. The predicted octanol–water partition coefficient (Wildman–Crippen LogP) is 4.18. The number of benzene rings is 2. The van der Waals surface area contributed by atoms with Crippen LogP contribution in [0.2, 0.25) is 0 Å². The van der Waals surface area contributed by atoms with Gasteiger partial charge in [-0.15, -0.1) is 20.4 Å². The Bertz CT molecular complexity index is 1120. The van der Waals surface area contributed by atoms with Crippen molar-refractivity contribution in [2.45, 2.75) is 25.3 Å². The van der Waals surface area contributed by atoms with Gasteiger partial charge in [-0.2, -0.15) is 0 Å². The summed E-state index contributed by atoms with van der Waals surface area (Å²) in [5.41, 5.74) is 1.82. The van der Waals surface area contributed by atoms with Crippen molar-refractivity contribution in [1.82, 2.24) is 20.4 Å². The van der Waals surface area contributed by atoms with Crippen molar-refractivity contribution in [2.75, 3.05) is 12.4 Å². The smallest absolute Gasteiger partial charge is 0.235 e. The molecule has 1 aliphatic carbocycles. The molecule has 0 amide bonds. The molecular weight excluding hydrogens is 354 g/mol. The summed E-state index contributed by atoms with van der Waals surface area (Å²) >= 11 is 0. The van der Waals surface area contributed by atoms with Crippen molar-refractivity contribution in [3.05, 3.63) is 60.3 Å². The standard InChI is InChI=1S/C21H19N5O2/c1-27-15-10-8-13(9-11-15)19-16-4-2-3-5-17(16)20(25-24-19)22-12-18-23-26-21(28-18)14-6-7-14/h2-5,8-11,14H,6-7,12H2,1H3,(H,22,25). The second-order valence-electron chi connectivity index (χ2n) is 6.83. The van der Waals surface area contributed by atoms with Crippen LogP contribution in [0.4, 0.5) is 5.82 Å². The van der Waals surface area contributed by atoms with Crippen molar-refractivity contribution in [3.8, 4) is 17.0 Å². The van der Waals surface area contributed by atoms with Gasteiger partial charge in [-0.25, -0.2) is 0 Å². The van der Waals surface area contributed by atoms with Gasteiger partial charge >= 0.3 is 0 Å². The van der Waals surface area contributed by atoms with Gasteiger partial charge in [0, 0.05) is 22.3 Å². The quantitative estimate of drug-likeness (QED) is 0.542. The second-order valence-corrected chi connectivity index (χ2v) is 6.83. The van der Waals surface area contributed by atoms with Gasteiger partial charge in [0.25, 0.3) is 0 Å². The first-order valence-electron chi connectivity index (χ1n) is 9.28. The maximum Gasteiger partial charge on any atom is 0.235 e. The fourth-order valence-corrected chi connectivity index (χ4v) is 3.19. The number of aromatic nitrogens is 4. The highest BCUT2D eigenvalue weighted by molar-refractivity contribution is 6.00. The lowest BCUT2D eigenvalue weighted by Gasteiger charge is -2.10. The first kappa shape index (κ1) is 16.7. The summed E-state index contributed by atoms with van der Waals surface area (Å²) < 4.78 is 11.0. The highest BCUT2D eigenvalue weighted by Crippen LogP contribution is 2.39. The van der Waals surface area contributed by atoms with Gasteiger partial charge in [-0.3, -0.25) is 0 Å². The largest absolute Gasteiger partial charge is 0.497 e. The summed E-state index contributed by atoms with van der Waals surface area (Å²) in [6, 6.07) is 15.9. The summed E-state index contributed by atoms with van der Waals surface area (Å²) in [5.74, 6) is 3.25. The molecule has 2 aromatic heterocycles. The van der Waals surface area contributed by atoms with E-state index in [4.69, 9.17) is 9.15 Å². The number of anilines is 1. The van der Waals surface area contributed by atoms with Crippen LogP contribution in [0.15, 0.2) is 52.9 Å². The summed E-state index contributed by atoms with van der Waals surface area (Å²) in [6.45, 7) is 0.417. The molecule has 140 valence electrons. The molecule has 2 aromatic carbocycles. The molecule has 0 atom stereocenters. The van der Waals surface area contributed by atoms with E-state index in [1.807, 2.05) is 48.5 Å². The summed E-state index contributed by atoms with van der Waals surface area (Å²) in [7, 11) is 1.65. The normalized spacial score (nSPS) is 13.6. The van der Waals surface area contributed by atoms with E-state index in [1.54, 1.807) is 7.11 Å². The van der Waals surface area contributed by atoms with E-state index in [0.717, 1.165) is 46.5 Å². The minimum Gasteiger partial charge on any atom is -0.497 e. The zero-order chi connectivity index (χ0) is 18.9. The number of rotatable bonds is 6. The SMILES string of the molecule is COc1ccc(-c2nnc(NCc3nnc(C4CC4)o3)c3ccccc23)cc1. The van der Waals surface area contributed by atoms with E-state index >= 15 is 0 Å². The van der Waals surface area contributed by atoms with Crippen LogP contribution >= 0.6 is 0 Å². The average molecular weight is 373 g/mol. The van der Waals surface area contributed by atoms with Gasteiger partial charge in [-0.1, -0.05) is 24.3 Å². The fraction of sp³-hybridized carbons (Fsp3) is 0.238. The number of hydrogen-bond acceptors (Lipinski definition) is 7. The number of nitrogens with one attached hydrogen (secondary N) is 1. The summed E-state index contributed by atoms with van der Waals surface area (Å²) in [6.07, 6.45) is 2.27. The lowest BCUT2D eigenvalue weighted by Crippen LogP contribution is -2.04. The molecule has 0 unspecified atom stereocenters. The topological polar surface area (TPSA) is 86.0 Å². The Morgan fingerprint density at radius 3 is 2.50 bits per heavy atom. The molecule has 0 spiro atoms. The van der Waals surface area contributed by atoms with Gasteiger partial charge in [0.1, 0.15) is 11.4 Å². The van der Waals surface area contributed by atoms with Gasteiger partial charge in [0.2, 0.25) is 11.8 Å². The minimum absolute atomic E-state index is 0.417. The number of fused-ring (bicyclic) bond motifs is 1. The van der Waals surface area contributed by atoms with Gasteiger partial charge in [0.15, 0.2) is 5.82 Å². The third-order valence-corrected chi connectivity index (χ3v) is 4.87. The average Bonchev–Trinajstić information content (AvgIpc) is 3.50. The molecule has 1 saturated carbocycles. The molecule has 0 radical (unpaired) electrons. The van der Waals surface area contributed by atoms with Crippen LogP contribution in [-0.2, 0) is 6.54 Å². The lowest BCUT2D eigenvalue weighted by atomic mass is 10.0. The molecule has 0 aliphatic heterocycles. The molecule has 1 aliphatic rings. The minimum atomic E-state index is 0.417. The zero-order valence-electron chi connectivity index (χ0n) is 15.4. The van der Waals surface area contributed by atoms with Gasteiger partial charge < -0.3 is 14.5 Å². The Kier molecular flexibility index (Phi) is 4.12. The molecular formula is C21H19N5O2. The third kappa shape index (κ3) is 3.15. The van der Waals surface area contributed by atoms with Gasteiger partial charge in [0.05, 0.1) is 13.7 Å². The number of ether oxygens (including phenoxy) is 1. The van der Waals surface area contributed by atoms with Crippen molar-refractivity contribution >= 4 is 16.6 Å². The van der Waals surface area contributed by atoms with Crippen LogP contribution in [0, 0.1) is 0 Å². The van der Waals surface area contributed by atoms with E-state index < -0.39 is 0 Å². The number of hydrogen-bond donors (Lipinski definition) is 1. The number of nitrogens with zero attached hydrogens (tertiary/aromatic N) is 4. The highest BCUT2D eigenvalue weighted by Gasteiger charge is 2.29. The molecule has 0 saturated heterocycles. The lowest BCUT2D eigenvalue weighted by molar-refractivity contribution is 0.415. The van der Waals surface area contributed by atoms with Crippen LogP contribution in [-0.4, -0.2) is 27.5 Å². The van der Waals surface area contributed by atoms with Crippen LogP contribution in [0.25, 0.3) is 22.0 Å². The maximum atomic E-state index is 5.71. The Hall–Kier alpha value is -3.48. The summed E-state index contributed by atoms with van der Waals surface area (Å²) in [5, 5.41) is 22.4. The Balaban J connectivity index is 1.44. The maximum absolute atomic E-state index is 5.71. The number of methoxy groups -OCH3 is 1. The van der Waals surface area contributed by atoms with E-state index in [-0.39, 0.29) is 0 Å².